The summed E-state index contributed by atoms with van der Waals surface area (Å²) in [5.41, 5.74) is 0.385. The van der Waals surface area contributed by atoms with Crippen LogP contribution in [0.15, 0.2) is 12.2 Å². The zero-order chi connectivity index (χ0) is 21.5. The minimum absolute atomic E-state index is 0.169. The molecule has 0 saturated carbocycles. The van der Waals surface area contributed by atoms with Crippen molar-refractivity contribution in [3.05, 3.63) is 12.2 Å². The third kappa shape index (κ3) is 10.7. The van der Waals surface area contributed by atoms with Crippen LogP contribution in [-0.4, -0.2) is 56.8 Å². The Kier molecular flexibility index (Phi) is 11.0. The summed E-state index contributed by atoms with van der Waals surface area (Å²) < 4.78 is 23.9. The summed E-state index contributed by atoms with van der Waals surface area (Å²) in [6.45, 7) is 26.8. The lowest BCUT2D eigenvalue weighted by Crippen LogP contribution is -2.54. The predicted octanol–water partition coefficient (Wildman–Crippen LogP) is 5.11. The molecule has 0 saturated heterocycles. The fourth-order valence-electron chi connectivity index (χ4n) is 2.81. The van der Waals surface area contributed by atoms with Crippen molar-refractivity contribution in [2.24, 2.45) is 0 Å². The quantitative estimate of drug-likeness (QED) is 0.229. The maximum atomic E-state index is 11.7. The Morgan fingerprint density at radius 3 is 2.04 bits per heavy atom. The van der Waals surface area contributed by atoms with Crippen LogP contribution >= 0.6 is 0 Å². The summed E-state index contributed by atoms with van der Waals surface area (Å²) in [7, 11) is -5.46. The van der Waals surface area contributed by atoms with E-state index in [0.717, 1.165) is 6.42 Å². The zero-order valence-electron chi connectivity index (χ0n) is 19.2. The van der Waals surface area contributed by atoms with E-state index in [1.165, 1.54) is 0 Å². The summed E-state index contributed by atoms with van der Waals surface area (Å²) in [5.74, 6) is -0.398. The fraction of sp³-hybridized carbons (Fsp3) is 0.842. The molecule has 0 aliphatic heterocycles. The molecule has 2 unspecified atom stereocenters. The lowest BCUT2D eigenvalue weighted by Gasteiger charge is -2.42. The van der Waals surface area contributed by atoms with Crippen molar-refractivity contribution in [1.29, 1.82) is 0 Å². The van der Waals surface area contributed by atoms with Gasteiger partial charge in [0.25, 0.3) is 0 Å². The summed E-state index contributed by atoms with van der Waals surface area (Å²) in [4.78, 5) is 11.7. The van der Waals surface area contributed by atoms with Crippen LogP contribution in [0.4, 0.5) is 0 Å². The smallest absolute Gasteiger partial charge is 0.333 e. The van der Waals surface area contributed by atoms with Gasteiger partial charge in [-0.2, -0.15) is 0 Å². The van der Waals surface area contributed by atoms with Gasteiger partial charge in [-0.25, -0.2) is 4.79 Å². The van der Waals surface area contributed by atoms with E-state index in [4.69, 9.17) is 18.0 Å². The second kappa shape index (κ2) is 11.1. The standard InChI is InChI=1S/C19H42O5Si3/c1-12-13-21-18(14-22-19(20)16(2)3)15-23-27(10,11)24-26(8,9)17(4)25(5,6)7/h17-18H,2,12-15H2,1,3-11H3. The molecule has 27 heavy (non-hydrogen) atoms. The van der Waals surface area contributed by atoms with Crippen molar-refractivity contribution in [3.63, 3.8) is 0 Å². The summed E-state index contributed by atoms with van der Waals surface area (Å²) >= 11 is 0. The van der Waals surface area contributed by atoms with Gasteiger partial charge in [0.15, 0.2) is 8.32 Å². The van der Waals surface area contributed by atoms with E-state index in [1.807, 2.05) is 6.92 Å². The van der Waals surface area contributed by atoms with Gasteiger partial charge in [-0.1, -0.05) is 40.1 Å². The summed E-state index contributed by atoms with van der Waals surface area (Å²) in [6.07, 6.45) is 0.610. The van der Waals surface area contributed by atoms with Crippen molar-refractivity contribution in [2.45, 2.75) is 84.3 Å². The molecule has 0 spiro atoms. The molecule has 0 aliphatic carbocycles. The van der Waals surface area contributed by atoms with Crippen LogP contribution in [0, 0.1) is 0 Å². The maximum Gasteiger partial charge on any atom is 0.333 e. The second-order valence-electron chi connectivity index (χ2n) is 9.38. The minimum atomic E-state index is -2.31. The van der Waals surface area contributed by atoms with Gasteiger partial charge >= 0.3 is 14.5 Å². The van der Waals surface area contributed by atoms with Crippen molar-refractivity contribution in [1.82, 2.24) is 0 Å². The van der Waals surface area contributed by atoms with Crippen LogP contribution in [0.25, 0.3) is 0 Å². The third-order valence-corrected chi connectivity index (χ3v) is 19.1. The largest absolute Gasteiger partial charge is 0.459 e. The molecule has 0 aliphatic rings. The number of hydrogen-bond donors (Lipinski definition) is 0. The van der Waals surface area contributed by atoms with E-state index in [9.17, 15) is 4.79 Å². The van der Waals surface area contributed by atoms with Crippen LogP contribution in [0.3, 0.4) is 0 Å². The SMILES string of the molecule is C=C(C)C(=O)OCC(CO[Si](C)(C)O[Si](C)(C)C(C)[Si](C)(C)C)OCCC. The molecule has 0 fully saturated rings. The highest BCUT2D eigenvalue weighted by atomic mass is 28.5. The first-order chi connectivity index (χ1) is 12.1. The molecule has 5 nitrogen and oxygen atoms in total. The van der Waals surface area contributed by atoms with Crippen LogP contribution in [0.1, 0.15) is 27.2 Å². The highest BCUT2D eigenvalue weighted by molar-refractivity contribution is 6.96. The molecule has 0 bridgehead atoms. The molecule has 8 heteroatoms. The van der Waals surface area contributed by atoms with E-state index in [1.54, 1.807) is 6.92 Å². The van der Waals surface area contributed by atoms with Gasteiger partial charge in [0.1, 0.15) is 12.7 Å². The maximum absolute atomic E-state index is 11.7. The number of carbonyl (C=O) groups excluding carboxylic acids is 1. The van der Waals surface area contributed by atoms with E-state index in [2.05, 4.69) is 59.3 Å². The van der Waals surface area contributed by atoms with E-state index in [0.29, 0.717) is 24.0 Å². The second-order valence-corrected chi connectivity index (χ2v) is 23.5. The molecule has 0 amide bonds. The zero-order valence-corrected chi connectivity index (χ0v) is 22.2. The molecule has 0 heterocycles. The first-order valence-corrected chi connectivity index (χ1v) is 19.3. The summed E-state index contributed by atoms with van der Waals surface area (Å²) in [6, 6.07) is 0. The topological polar surface area (TPSA) is 54.0 Å². The molecule has 0 aromatic heterocycles. The van der Waals surface area contributed by atoms with Gasteiger partial charge in [0.2, 0.25) is 0 Å². The van der Waals surface area contributed by atoms with Crippen LogP contribution in [-0.2, 0) is 22.8 Å². The lowest BCUT2D eigenvalue weighted by atomic mass is 10.3. The monoisotopic (exact) mass is 434 g/mol. The van der Waals surface area contributed by atoms with Crippen molar-refractivity contribution < 1.29 is 22.8 Å². The first-order valence-electron chi connectivity index (χ1n) is 9.90. The van der Waals surface area contributed by atoms with Gasteiger partial charge in [-0.05, 0) is 44.7 Å². The van der Waals surface area contributed by atoms with Crippen LogP contribution in [0.5, 0.6) is 0 Å². The first kappa shape index (κ1) is 26.7. The van der Waals surface area contributed by atoms with Crippen LogP contribution < -0.4 is 0 Å². The van der Waals surface area contributed by atoms with Gasteiger partial charge in [-0.15, -0.1) is 0 Å². The molecule has 0 N–H and O–H groups in total. The number of carbonyl (C=O) groups is 1. The molecule has 0 radical (unpaired) electrons. The van der Waals surface area contributed by atoms with Crippen LogP contribution in [0.2, 0.25) is 51.0 Å². The Morgan fingerprint density at radius 1 is 1.04 bits per heavy atom. The van der Waals surface area contributed by atoms with E-state index >= 15 is 0 Å². The lowest BCUT2D eigenvalue weighted by molar-refractivity contribution is -0.144. The fourth-order valence-corrected chi connectivity index (χ4v) is 18.3. The third-order valence-electron chi connectivity index (χ3n) is 4.77. The Balaban J connectivity index is 4.85. The van der Waals surface area contributed by atoms with Gasteiger partial charge in [0, 0.05) is 20.3 Å². The number of hydrogen-bond acceptors (Lipinski definition) is 5. The highest BCUT2D eigenvalue weighted by Crippen LogP contribution is 2.34. The minimum Gasteiger partial charge on any atom is -0.459 e. The molecule has 0 aromatic rings. The Bertz CT molecular complexity index is 486. The number of rotatable bonds is 13. The normalized spacial score (nSPS) is 15.3. The highest BCUT2D eigenvalue weighted by Gasteiger charge is 2.43. The van der Waals surface area contributed by atoms with E-state index in [-0.39, 0.29) is 12.7 Å². The van der Waals surface area contributed by atoms with Gasteiger partial charge in [-0.3, -0.25) is 0 Å². The number of ether oxygens (including phenoxy) is 2. The number of esters is 1. The Hall–Kier alpha value is -0.259. The molecule has 0 rings (SSSR count). The molecular formula is C19H42O5Si3. The molecular weight excluding hydrogens is 392 g/mol. The Labute approximate surface area is 170 Å². The van der Waals surface area contributed by atoms with Crippen molar-refractivity contribution >= 4 is 30.9 Å². The molecule has 0 aromatic carbocycles. The van der Waals surface area contributed by atoms with Crippen molar-refractivity contribution in [2.75, 3.05) is 19.8 Å². The van der Waals surface area contributed by atoms with E-state index < -0.39 is 30.9 Å². The molecule has 160 valence electrons. The predicted molar refractivity (Wildman–Crippen MR) is 121 cm³/mol. The average molecular weight is 435 g/mol. The van der Waals surface area contributed by atoms with Gasteiger partial charge in [0.05, 0.1) is 6.61 Å². The molecule has 2 atom stereocenters. The Morgan fingerprint density at radius 2 is 1.59 bits per heavy atom. The van der Waals surface area contributed by atoms with Crippen molar-refractivity contribution in [3.8, 4) is 0 Å². The average Bonchev–Trinajstić information content (AvgIpc) is 2.51. The summed E-state index contributed by atoms with van der Waals surface area (Å²) in [5, 5.41) is 0.629. The van der Waals surface area contributed by atoms with Gasteiger partial charge < -0.3 is 18.0 Å².